The van der Waals surface area contributed by atoms with E-state index in [4.69, 9.17) is 4.74 Å². The van der Waals surface area contributed by atoms with E-state index in [-0.39, 0.29) is 18.9 Å². The molecule has 0 saturated carbocycles. The molecule has 170 valence electrons. The molecule has 2 atom stereocenters. The molecule has 0 aromatic heterocycles. The third kappa shape index (κ3) is 5.28. The summed E-state index contributed by atoms with van der Waals surface area (Å²) in [5.74, 6) is -1.69. The van der Waals surface area contributed by atoms with Crippen LogP contribution in [0.25, 0.3) is 11.1 Å². The number of hydrogen-bond donors (Lipinski definition) is 3. The molecule has 1 aliphatic carbocycles. The number of amides is 2. The van der Waals surface area contributed by atoms with Gasteiger partial charge in [-0.05, 0) is 35.1 Å². The van der Waals surface area contributed by atoms with E-state index in [1.165, 1.54) is 0 Å². The van der Waals surface area contributed by atoms with Gasteiger partial charge in [0.25, 0.3) is 0 Å². The van der Waals surface area contributed by atoms with Gasteiger partial charge < -0.3 is 20.5 Å². The first-order valence-electron chi connectivity index (χ1n) is 11.1. The summed E-state index contributed by atoms with van der Waals surface area (Å²) >= 11 is 0. The summed E-state index contributed by atoms with van der Waals surface area (Å²) in [6, 6.07) is 14.3. The number of nitrogens with one attached hydrogen (secondary N) is 2. The zero-order valence-electron chi connectivity index (χ0n) is 18.5. The highest BCUT2D eigenvalue weighted by Gasteiger charge is 2.30. The second-order valence-corrected chi connectivity index (χ2v) is 7.97. The second kappa shape index (κ2) is 10.8. The number of alkyl carbamates (subject to hydrolysis) is 1. The van der Waals surface area contributed by atoms with Crippen LogP contribution >= 0.6 is 0 Å². The third-order valence-electron chi connectivity index (χ3n) is 5.82. The highest BCUT2D eigenvalue weighted by molar-refractivity contribution is 5.89. The molecule has 2 aromatic carbocycles. The van der Waals surface area contributed by atoms with E-state index < -0.39 is 30.1 Å². The Morgan fingerprint density at radius 3 is 2.06 bits per heavy atom. The summed E-state index contributed by atoms with van der Waals surface area (Å²) in [5.41, 5.74) is 4.48. The summed E-state index contributed by atoms with van der Waals surface area (Å²) in [4.78, 5) is 36.4. The number of carboxylic acid groups (broad SMARTS) is 1. The van der Waals surface area contributed by atoms with Gasteiger partial charge in [0.05, 0.1) is 0 Å². The first-order valence-corrected chi connectivity index (χ1v) is 11.1. The van der Waals surface area contributed by atoms with E-state index in [0.29, 0.717) is 12.8 Å². The normalized spacial score (nSPS) is 14.1. The van der Waals surface area contributed by atoms with Crippen molar-refractivity contribution in [1.29, 1.82) is 0 Å². The van der Waals surface area contributed by atoms with Gasteiger partial charge in [-0.15, -0.1) is 0 Å². The quantitative estimate of drug-likeness (QED) is 0.519. The Labute approximate surface area is 188 Å². The van der Waals surface area contributed by atoms with Crippen molar-refractivity contribution in [3.05, 3.63) is 59.7 Å². The number of benzene rings is 2. The average Bonchev–Trinajstić information content (AvgIpc) is 3.12. The van der Waals surface area contributed by atoms with E-state index in [2.05, 4.69) is 22.8 Å². The predicted octanol–water partition coefficient (Wildman–Crippen LogP) is 4.06. The lowest BCUT2D eigenvalue weighted by atomic mass is 9.98. The van der Waals surface area contributed by atoms with Crippen molar-refractivity contribution in [3.8, 4) is 11.1 Å². The zero-order valence-corrected chi connectivity index (χ0v) is 18.5. The van der Waals surface area contributed by atoms with Crippen LogP contribution in [-0.4, -0.2) is 41.8 Å². The fourth-order valence-electron chi connectivity index (χ4n) is 4.07. The van der Waals surface area contributed by atoms with Crippen molar-refractivity contribution in [2.45, 2.75) is 57.5 Å². The van der Waals surface area contributed by atoms with Gasteiger partial charge in [-0.2, -0.15) is 0 Å². The molecule has 0 bridgehead atoms. The lowest BCUT2D eigenvalue weighted by Gasteiger charge is -2.21. The molecule has 3 N–H and O–H groups in total. The van der Waals surface area contributed by atoms with Crippen LogP contribution in [0.4, 0.5) is 4.79 Å². The van der Waals surface area contributed by atoms with Crippen molar-refractivity contribution in [3.63, 3.8) is 0 Å². The summed E-state index contributed by atoms with van der Waals surface area (Å²) in [6.07, 6.45) is 1.53. The maximum atomic E-state index is 12.6. The molecule has 0 fully saturated rings. The van der Waals surface area contributed by atoms with Gasteiger partial charge in [-0.1, -0.05) is 75.2 Å². The van der Waals surface area contributed by atoms with Gasteiger partial charge in [-0.25, -0.2) is 9.59 Å². The van der Waals surface area contributed by atoms with Crippen LogP contribution in [-0.2, 0) is 14.3 Å². The molecule has 7 heteroatoms. The van der Waals surface area contributed by atoms with Crippen molar-refractivity contribution in [2.75, 3.05) is 6.61 Å². The van der Waals surface area contributed by atoms with Crippen LogP contribution in [0.2, 0.25) is 0 Å². The van der Waals surface area contributed by atoms with Crippen LogP contribution in [0.1, 0.15) is 56.6 Å². The van der Waals surface area contributed by atoms with Gasteiger partial charge in [0.2, 0.25) is 5.91 Å². The summed E-state index contributed by atoms with van der Waals surface area (Å²) in [6.45, 7) is 3.81. The lowest BCUT2D eigenvalue weighted by molar-refractivity contribution is -0.142. The monoisotopic (exact) mass is 438 g/mol. The van der Waals surface area contributed by atoms with Crippen molar-refractivity contribution in [2.24, 2.45) is 0 Å². The highest BCUT2D eigenvalue weighted by Crippen LogP contribution is 2.44. The van der Waals surface area contributed by atoms with Crippen LogP contribution in [0.15, 0.2) is 48.5 Å². The Hall–Kier alpha value is -3.35. The fraction of sp³-hybridized carbons (Fsp3) is 0.400. The van der Waals surface area contributed by atoms with E-state index in [0.717, 1.165) is 28.7 Å². The van der Waals surface area contributed by atoms with Gasteiger partial charge >= 0.3 is 12.1 Å². The Bertz CT molecular complexity index is 929. The van der Waals surface area contributed by atoms with Gasteiger partial charge in [0.15, 0.2) is 0 Å². The first kappa shape index (κ1) is 23.3. The molecule has 1 aliphatic rings. The van der Waals surface area contributed by atoms with Gasteiger partial charge in [0.1, 0.15) is 18.7 Å². The van der Waals surface area contributed by atoms with Crippen LogP contribution in [0, 0.1) is 0 Å². The van der Waals surface area contributed by atoms with Crippen LogP contribution in [0.3, 0.4) is 0 Å². The molecule has 0 radical (unpaired) electrons. The van der Waals surface area contributed by atoms with E-state index in [1.807, 2.05) is 43.3 Å². The number of hydrogen-bond acceptors (Lipinski definition) is 4. The molecular formula is C25H30N2O5. The number of carbonyl (C=O) groups excluding carboxylic acids is 2. The maximum Gasteiger partial charge on any atom is 0.407 e. The third-order valence-corrected chi connectivity index (χ3v) is 5.82. The topological polar surface area (TPSA) is 105 Å². The number of fused-ring (bicyclic) bond motifs is 3. The molecular weight excluding hydrogens is 408 g/mol. The Morgan fingerprint density at radius 1 is 0.938 bits per heavy atom. The summed E-state index contributed by atoms with van der Waals surface area (Å²) < 4.78 is 5.53. The van der Waals surface area contributed by atoms with E-state index >= 15 is 0 Å². The molecule has 2 amide bonds. The average molecular weight is 439 g/mol. The Balaban J connectivity index is 1.65. The van der Waals surface area contributed by atoms with E-state index in [9.17, 15) is 19.5 Å². The summed E-state index contributed by atoms with van der Waals surface area (Å²) in [5, 5.41) is 14.3. The smallest absolute Gasteiger partial charge is 0.407 e. The molecule has 0 saturated heterocycles. The number of aliphatic carboxylic acids is 1. The van der Waals surface area contributed by atoms with E-state index in [1.54, 1.807) is 6.92 Å². The molecule has 2 aromatic rings. The molecule has 3 rings (SSSR count). The lowest BCUT2D eigenvalue weighted by Crippen LogP contribution is -2.51. The standard InChI is InChI=1S/C25H30N2O5/c1-3-5-14-22(23(28)26-21(4-2)24(29)30)27-25(31)32-15-20-18-12-8-6-10-16(18)17-11-7-9-13-19(17)20/h6-13,20-22H,3-5,14-15H2,1-2H3,(H,26,28)(H,27,31)(H,29,30). The van der Waals surface area contributed by atoms with Crippen LogP contribution in [0.5, 0.6) is 0 Å². The molecule has 2 unspecified atom stereocenters. The summed E-state index contributed by atoms with van der Waals surface area (Å²) in [7, 11) is 0. The first-order chi connectivity index (χ1) is 15.5. The minimum Gasteiger partial charge on any atom is -0.480 e. The second-order valence-electron chi connectivity index (χ2n) is 7.97. The minimum absolute atomic E-state index is 0.0763. The molecule has 7 nitrogen and oxygen atoms in total. The number of unbranched alkanes of at least 4 members (excludes halogenated alkanes) is 1. The highest BCUT2D eigenvalue weighted by atomic mass is 16.5. The molecule has 0 aliphatic heterocycles. The van der Waals surface area contributed by atoms with Crippen molar-refractivity contribution < 1.29 is 24.2 Å². The van der Waals surface area contributed by atoms with Gasteiger partial charge in [-0.3, -0.25) is 4.79 Å². The molecule has 0 heterocycles. The van der Waals surface area contributed by atoms with Crippen molar-refractivity contribution in [1.82, 2.24) is 10.6 Å². The Morgan fingerprint density at radius 2 is 1.53 bits per heavy atom. The Kier molecular flexibility index (Phi) is 7.87. The van der Waals surface area contributed by atoms with Crippen molar-refractivity contribution >= 4 is 18.0 Å². The zero-order chi connectivity index (χ0) is 23.1. The number of ether oxygens (including phenoxy) is 1. The SMILES string of the molecule is CCCCC(NC(=O)OCC1c2ccccc2-c2ccccc21)C(=O)NC(CC)C(=O)O. The largest absolute Gasteiger partial charge is 0.480 e. The maximum absolute atomic E-state index is 12.6. The number of carbonyl (C=O) groups is 3. The number of rotatable bonds is 10. The number of carboxylic acids is 1. The fourth-order valence-corrected chi connectivity index (χ4v) is 4.07. The minimum atomic E-state index is -1.10. The van der Waals surface area contributed by atoms with Crippen LogP contribution < -0.4 is 10.6 Å². The predicted molar refractivity (Wildman–Crippen MR) is 121 cm³/mol. The molecule has 32 heavy (non-hydrogen) atoms. The molecule has 0 spiro atoms. The van der Waals surface area contributed by atoms with Gasteiger partial charge in [0, 0.05) is 5.92 Å².